The van der Waals surface area contributed by atoms with Crippen LogP contribution in [0.25, 0.3) is 10.9 Å². The van der Waals surface area contributed by atoms with Crippen LogP contribution in [0.2, 0.25) is 0 Å². The molecule has 0 aliphatic heterocycles. The fraction of sp³-hybridized carbons (Fsp3) is 0.158. The van der Waals surface area contributed by atoms with E-state index in [1.807, 2.05) is 18.2 Å². The molecule has 25 heavy (non-hydrogen) atoms. The van der Waals surface area contributed by atoms with E-state index in [9.17, 15) is 14.7 Å². The van der Waals surface area contributed by atoms with Gasteiger partial charge in [0.25, 0.3) is 0 Å². The first-order valence-corrected chi connectivity index (χ1v) is 7.90. The smallest absolute Gasteiger partial charge is 0.313 e. The molecular weight excluding hydrogens is 318 g/mol. The van der Waals surface area contributed by atoms with Gasteiger partial charge in [-0.05, 0) is 36.8 Å². The van der Waals surface area contributed by atoms with Gasteiger partial charge in [-0.3, -0.25) is 9.59 Å². The summed E-state index contributed by atoms with van der Waals surface area (Å²) >= 11 is 0. The summed E-state index contributed by atoms with van der Waals surface area (Å²) in [5, 5.41) is 16.4. The SMILES string of the molecule is CC(O)(CNC(=O)C(=O)Nc1ccc2[nH]ccc2c1)c1ccccc1. The molecule has 0 spiro atoms. The molecule has 128 valence electrons. The average Bonchev–Trinajstić information content (AvgIpc) is 3.08. The summed E-state index contributed by atoms with van der Waals surface area (Å²) in [5.74, 6) is -1.58. The Morgan fingerprint density at radius 2 is 1.84 bits per heavy atom. The Morgan fingerprint density at radius 3 is 2.60 bits per heavy atom. The number of anilines is 1. The molecule has 4 N–H and O–H groups in total. The van der Waals surface area contributed by atoms with Crippen LogP contribution in [0, 0.1) is 0 Å². The molecule has 3 aromatic rings. The van der Waals surface area contributed by atoms with Crippen LogP contribution in [-0.4, -0.2) is 28.4 Å². The fourth-order valence-corrected chi connectivity index (χ4v) is 2.55. The lowest BCUT2D eigenvalue weighted by Gasteiger charge is -2.24. The van der Waals surface area contributed by atoms with Crippen LogP contribution in [-0.2, 0) is 15.2 Å². The molecule has 0 saturated carbocycles. The number of fused-ring (bicyclic) bond motifs is 1. The highest BCUT2D eigenvalue weighted by molar-refractivity contribution is 6.39. The van der Waals surface area contributed by atoms with E-state index in [0.29, 0.717) is 11.3 Å². The number of H-pyrrole nitrogens is 1. The number of aliphatic hydroxyl groups is 1. The third-order valence-corrected chi connectivity index (χ3v) is 4.01. The number of benzene rings is 2. The Bertz CT molecular complexity index is 900. The maximum Gasteiger partial charge on any atom is 0.313 e. The number of carbonyl (C=O) groups is 2. The van der Waals surface area contributed by atoms with Crippen LogP contribution < -0.4 is 10.6 Å². The summed E-state index contributed by atoms with van der Waals surface area (Å²) in [6, 6.07) is 16.2. The zero-order chi connectivity index (χ0) is 17.9. The van der Waals surface area contributed by atoms with E-state index in [4.69, 9.17) is 0 Å². The minimum absolute atomic E-state index is 0.0693. The molecule has 0 fully saturated rings. The van der Waals surface area contributed by atoms with Gasteiger partial charge < -0.3 is 20.7 Å². The molecule has 1 unspecified atom stereocenters. The van der Waals surface area contributed by atoms with Crippen LogP contribution in [0.15, 0.2) is 60.8 Å². The van der Waals surface area contributed by atoms with Crippen LogP contribution in [0.4, 0.5) is 5.69 Å². The molecule has 3 rings (SSSR count). The maximum atomic E-state index is 12.0. The van der Waals surface area contributed by atoms with Gasteiger partial charge in [0.2, 0.25) is 0 Å². The summed E-state index contributed by atoms with van der Waals surface area (Å²) in [6.45, 7) is 1.51. The topological polar surface area (TPSA) is 94.2 Å². The highest BCUT2D eigenvalue weighted by Gasteiger charge is 2.25. The number of aromatic amines is 1. The Hall–Kier alpha value is -3.12. The predicted molar refractivity (Wildman–Crippen MR) is 96.0 cm³/mol. The lowest BCUT2D eigenvalue weighted by atomic mass is 9.96. The molecule has 1 atom stereocenters. The van der Waals surface area contributed by atoms with E-state index < -0.39 is 17.4 Å². The van der Waals surface area contributed by atoms with E-state index >= 15 is 0 Å². The zero-order valence-electron chi connectivity index (χ0n) is 13.7. The van der Waals surface area contributed by atoms with Crippen LogP contribution in [0.3, 0.4) is 0 Å². The van der Waals surface area contributed by atoms with Crippen molar-refractivity contribution in [1.29, 1.82) is 0 Å². The number of amides is 2. The van der Waals surface area contributed by atoms with E-state index in [1.54, 1.807) is 49.5 Å². The molecule has 6 nitrogen and oxygen atoms in total. The maximum absolute atomic E-state index is 12.0. The molecule has 0 saturated heterocycles. The second-order valence-corrected chi connectivity index (χ2v) is 6.06. The molecule has 1 heterocycles. The van der Waals surface area contributed by atoms with Crippen LogP contribution in [0.5, 0.6) is 0 Å². The highest BCUT2D eigenvalue weighted by atomic mass is 16.3. The van der Waals surface area contributed by atoms with E-state index in [0.717, 1.165) is 10.9 Å². The predicted octanol–water partition coefficient (Wildman–Crippen LogP) is 2.13. The standard InChI is InChI=1S/C19H19N3O3/c1-19(25,14-5-3-2-4-6-14)12-21-17(23)18(24)22-15-7-8-16-13(11-15)9-10-20-16/h2-11,20,25H,12H2,1H3,(H,21,23)(H,22,24). The van der Waals surface area contributed by atoms with E-state index in [2.05, 4.69) is 15.6 Å². The molecule has 2 aromatic carbocycles. The molecule has 0 aliphatic rings. The zero-order valence-corrected chi connectivity index (χ0v) is 13.7. The summed E-state index contributed by atoms with van der Waals surface area (Å²) < 4.78 is 0. The summed E-state index contributed by atoms with van der Waals surface area (Å²) in [4.78, 5) is 27.1. The van der Waals surface area contributed by atoms with Crippen molar-refractivity contribution in [3.8, 4) is 0 Å². The fourth-order valence-electron chi connectivity index (χ4n) is 2.55. The third-order valence-electron chi connectivity index (χ3n) is 4.01. The van der Waals surface area contributed by atoms with E-state index in [1.165, 1.54) is 0 Å². The number of carbonyl (C=O) groups excluding carboxylic acids is 2. The molecule has 6 heteroatoms. The largest absolute Gasteiger partial charge is 0.384 e. The van der Waals surface area contributed by atoms with Gasteiger partial charge in [0.05, 0.1) is 6.54 Å². The van der Waals surface area contributed by atoms with Crippen LogP contribution in [0.1, 0.15) is 12.5 Å². The minimum Gasteiger partial charge on any atom is -0.384 e. The van der Waals surface area contributed by atoms with Gasteiger partial charge in [-0.25, -0.2) is 0 Å². The van der Waals surface area contributed by atoms with Crippen molar-refractivity contribution in [2.24, 2.45) is 0 Å². The van der Waals surface area contributed by atoms with Crippen molar-refractivity contribution in [1.82, 2.24) is 10.3 Å². The van der Waals surface area contributed by atoms with Gasteiger partial charge in [-0.15, -0.1) is 0 Å². The lowest BCUT2D eigenvalue weighted by molar-refractivity contribution is -0.136. The normalized spacial score (nSPS) is 13.2. The van der Waals surface area contributed by atoms with E-state index in [-0.39, 0.29) is 6.54 Å². The quantitative estimate of drug-likeness (QED) is 0.549. The minimum atomic E-state index is -1.26. The second-order valence-electron chi connectivity index (χ2n) is 6.06. The van der Waals surface area contributed by atoms with Gasteiger partial charge in [-0.1, -0.05) is 30.3 Å². The van der Waals surface area contributed by atoms with Crippen molar-refractivity contribution in [3.63, 3.8) is 0 Å². The Kier molecular flexibility index (Phi) is 4.54. The first kappa shape index (κ1) is 16.7. The molecule has 0 aliphatic carbocycles. The number of hydrogen-bond donors (Lipinski definition) is 4. The van der Waals surface area contributed by atoms with Gasteiger partial charge in [0.15, 0.2) is 0 Å². The van der Waals surface area contributed by atoms with Gasteiger partial charge in [0, 0.05) is 22.8 Å². The number of rotatable bonds is 4. The second kappa shape index (κ2) is 6.78. The molecule has 2 amide bonds. The summed E-state index contributed by atoms with van der Waals surface area (Å²) in [6.07, 6.45) is 1.80. The average molecular weight is 337 g/mol. The Morgan fingerprint density at radius 1 is 1.08 bits per heavy atom. The van der Waals surface area contributed by atoms with Crippen molar-refractivity contribution in [2.45, 2.75) is 12.5 Å². The summed E-state index contributed by atoms with van der Waals surface area (Å²) in [7, 11) is 0. The number of hydrogen-bond acceptors (Lipinski definition) is 3. The highest BCUT2D eigenvalue weighted by Crippen LogP contribution is 2.19. The molecule has 0 radical (unpaired) electrons. The first-order chi connectivity index (χ1) is 12.0. The van der Waals surface area contributed by atoms with Gasteiger partial charge >= 0.3 is 11.8 Å². The Labute approximate surface area is 144 Å². The van der Waals surface area contributed by atoms with Crippen molar-refractivity contribution >= 4 is 28.4 Å². The number of nitrogens with one attached hydrogen (secondary N) is 3. The summed E-state index contributed by atoms with van der Waals surface area (Å²) in [5.41, 5.74) is 0.873. The van der Waals surface area contributed by atoms with Crippen molar-refractivity contribution in [2.75, 3.05) is 11.9 Å². The first-order valence-electron chi connectivity index (χ1n) is 7.90. The molecular formula is C19H19N3O3. The van der Waals surface area contributed by atoms with Gasteiger partial charge in [0.1, 0.15) is 5.60 Å². The molecule has 1 aromatic heterocycles. The Balaban J connectivity index is 1.60. The van der Waals surface area contributed by atoms with Crippen molar-refractivity contribution < 1.29 is 14.7 Å². The monoisotopic (exact) mass is 337 g/mol. The third kappa shape index (κ3) is 3.87. The van der Waals surface area contributed by atoms with Crippen LogP contribution >= 0.6 is 0 Å². The number of aromatic nitrogens is 1. The molecule has 0 bridgehead atoms. The van der Waals surface area contributed by atoms with Gasteiger partial charge in [-0.2, -0.15) is 0 Å². The lowest BCUT2D eigenvalue weighted by Crippen LogP contribution is -2.43. The van der Waals surface area contributed by atoms with Crippen molar-refractivity contribution in [3.05, 3.63) is 66.4 Å².